The van der Waals surface area contributed by atoms with Crippen molar-refractivity contribution in [1.29, 1.82) is 0 Å². The van der Waals surface area contributed by atoms with Crippen molar-refractivity contribution >= 4 is 38.5 Å². The van der Waals surface area contributed by atoms with Crippen molar-refractivity contribution in [2.24, 2.45) is 0 Å². The van der Waals surface area contributed by atoms with E-state index in [0.29, 0.717) is 16.5 Å². The van der Waals surface area contributed by atoms with E-state index in [1.54, 1.807) is 22.6 Å². The van der Waals surface area contributed by atoms with Crippen LogP contribution in [0.25, 0.3) is 0 Å². The Bertz CT molecular complexity index is 386. The standard InChI is InChI=1S/C8H6BrF3INO2/c9-1-5-4(3-15)2-14-7(6(5)13)16-8(10,11)12/h2,15H,1,3H2. The lowest BCUT2D eigenvalue weighted by Crippen LogP contribution is -2.19. The lowest BCUT2D eigenvalue weighted by molar-refractivity contribution is -0.276. The van der Waals surface area contributed by atoms with Crippen molar-refractivity contribution in [3.63, 3.8) is 0 Å². The molecule has 0 aliphatic carbocycles. The summed E-state index contributed by atoms with van der Waals surface area (Å²) < 4.78 is 40.0. The average molecular weight is 412 g/mol. The van der Waals surface area contributed by atoms with Crippen LogP contribution in [-0.4, -0.2) is 16.5 Å². The molecule has 3 nitrogen and oxygen atoms in total. The highest BCUT2D eigenvalue weighted by Crippen LogP contribution is 2.30. The average Bonchev–Trinajstić information content (AvgIpc) is 2.19. The summed E-state index contributed by atoms with van der Waals surface area (Å²) in [6, 6.07) is 0. The molecule has 1 aromatic heterocycles. The summed E-state index contributed by atoms with van der Waals surface area (Å²) in [6.07, 6.45) is -3.60. The minimum absolute atomic E-state index is 0.235. The monoisotopic (exact) mass is 411 g/mol. The van der Waals surface area contributed by atoms with E-state index in [-0.39, 0.29) is 10.2 Å². The molecule has 0 amide bonds. The fourth-order valence-electron chi connectivity index (χ4n) is 1.00. The fraction of sp³-hybridized carbons (Fsp3) is 0.375. The molecule has 90 valence electrons. The molecular formula is C8H6BrF3INO2. The maximum atomic E-state index is 12.0. The summed E-state index contributed by atoms with van der Waals surface area (Å²) in [7, 11) is 0. The predicted molar refractivity (Wildman–Crippen MR) is 62.2 cm³/mol. The highest BCUT2D eigenvalue weighted by molar-refractivity contribution is 14.1. The number of hydrogen-bond donors (Lipinski definition) is 1. The third-order valence-corrected chi connectivity index (χ3v) is 3.37. The number of aliphatic hydroxyl groups is 1. The maximum Gasteiger partial charge on any atom is 0.574 e. The van der Waals surface area contributed by atoms with Gasteiger partial charge in [0.05, 0.1) is 10.2 Å². The Morgan fingerprint density at radius 2 is 2.12 bits per heavy atom. The molecule has 0 bridgehead atoms. The van der Waals surface area contributed by atoms with Gasteiger partial charge < -0.3 is 9.84 Å². The zero-order valence-corrected chi connectivity index (χ0v) is 11.4. The molecule has 0 aromatic carbocycles. The van der Waals surface area contributed by atoms with Crippen LogP contribution in [0.1, 0.15) is 11.1 Å². The van der Waals surface area contributed by atoms with Crippen molar-refractivity contribution in [2.75, 3.05) is 0 Å². The first-order chi connectivity index (χ1) is 7.39. The van der Waals surface area contributed by atoms with Gasteiger partial charge in [0.15, 0.2) is 0 Å². The molecule has 0 aliphatic rings. The van der Waals surface area contributed by atoms with Crippen molar-refractivity contribution in [1.82, 2.24) is 4.98 Å². The molecule has 8 heteroatoms. The highest BCUT2D eigenvalue weighted by Gasteiger charge is 2.33. The second-order valence-electron chi connectivity index (χ2n) is 2.72. The van der Waals surface area contributed by atoms with E-state index in [0.717, 1.165) is 0 Å². The van der Waals surface area contributed by atoms with Crippen LogP contribution in [0.4, 0.5) is 13.2 Å². The minimum atomic E-state index is -4.77. The van der Waals surface area contributed by atoms with E-state index >= 15 is 0 Å². The lowest BCUT2D eigenvalue weighted by Gasteiger charge is -2.13. The van der Waals surface area contributed by atoms with Gasteiger partial charge in [-0.1, -0.05) is 15.9 Å². The number of aliphatic hydroxyl groups excluding tert-OH is 1. The highest BCUT2D eigenvalue weighted by atomic mass is 127. The molecule has 1 N–H and O–H groups in total. The summed E-state index contributed by atoms with van der Waals surface area (Å²) in [5, 5.41) is 9.29. The van der Waals surface area contributed by atoms with E-state index < -0.39 is 12.2 Å². The van der Waals surface area contributed by atoms with Gasteiger partial charge in [0.1, 0.15) is 0 Å². The summed E-state index contributed by atoms with van der Waals surface area (Å²) in [4.78, 5) is 3.51. The summed E-state index contributed by atoms with van der Waals surface area (Å²) in [6.45, 7) is -0.282. The smallest absolute Gasteiger partial charge is 0.392 e. The second-order valence-corrected chi connectivity index (χ2v) is 4.36. The Hall–Kier alpha value is -0.0900. The SMILES string of the molecule is OCc1cnc(OC(F)(F)F)c(I)c1CBr. The zero-order valence-electron chi connectivity index (χ0n) is 7.68. The molecule has 0 radical (unpaired) electrons. The van der Waals surface area contributed by atoms with Crippen molar-refractivity contribution < 1.29 is 23.0 Å². The topological polar surface area (TPSA) is 42.4 Å². The first-order valence-corrected chi connectivity index (χ1v) is 6.18. The van der Waals surface area contributed by atoms with E-state index in [1.807, 2.05) is 0 Å². The van der Waals surface area contributed by atoms with Gasteiger partial charge in [0.25, 0.3) is 0 Å². The molecular weight excluding hydrogens is 406 g/mol. The van der Waals surface area contributed by atoms with Crippen LogP contribution in [0, 0.1) is 3.57 Å². The quantitative estimate of drug-likeness (QED) is 0.614. The molecule has 0 saturated heterocycles. The van der Waals surface area contributed by atoms with Gasteiger partial charge in [-0.3, -0.25) is 0 Å². The number of ether oxygens (including phenoxy) is 1. The normalized spacial score (nSPS) is 11.6. The molecule has 1 aromatic rings. The largest absolute Gasteiger partial charge is 0.574 e. The number of pyridine rings is 1. The van der Waals surface area contributed by atoms with E-state index in [2.05, 4.69) is 25.7 Å². The van der Waals surface area contributed by atoms with E-state index in [1.165, 1.54) is 6.20 Å². The number of alkyl halides is 4. The fourth-order valence-corrected chi connectivity index (χ4v) is 2.95. The molecule has 1 heterocycles. The van der Waals surface area contributed by atoms with Crippen LogP contribution < -0.4 is 4.74 Å². The Labute approximate surface area is 111 Å². The van der Waals surface area contributed by atoms with Crippen molar-refractivity contribution in [2.45, 2.75) is 18.3 Å². The molecule has 0 saturated carbocycles. The second kappa shape index (κ2) is 5.50. The summed E-state index contributed by atoms with van der Waals surface area (Å²) >= 11 is 4.83. The Morgan fingerprint density at radius 1 is 1.50 bits per heavy atom. The Morgan fingerprint density at radius 3 is 2.56 bits per heavy atom. The van der Waals surface area contributed by atoms with Crippen LogP contribution in [0.3, 0.4) is 0 Å². The molecule has 0 unspecified atom stereocenters. The van der Waals surface area contributed by atoms with Crippen molar-refractivity contribution in [3.8, 4) is 5.88 Å². The van der Waals surface area contributed by atoms with Crippen LogP contribution in [-0.2, 0) is 11.9 Å². The lowest BCUT2D eigenvalue weighted by atomic mass is 10.2. The van der Waals surface area contributed by atoms with Crippen LogP contribution in [0.5, 0.6) is 5.88 Å². The zero-order chi connectivity index (χ0) is 12.3. The van der Waals surface area contributed by atoms with Gasteiger partial charge in [0.2, 0.25) is 5.88 Å². The third-order valence-electron chi connectivity index (χ3n) is 1.69. The van der Waals surface area contributed by atoms with Crippen LogP contribution in [0.15, 0.2) is 6.20 Å². The molecule has 0 spiro atoms. The minimum Gasteiger partial charge on any atom is -0.392 e. The number of nitrogens with zero attached hydrogens (tertiary/aromatic N) is 1. The third kappa shape index (κ3) is 3.45. The summed E-state index contributed by atoms with van der Waals surface area (Å²) in [5.41, 5.74) is 1.01. The number of hydrogen-bond acceptors (Lipinski definition) is 3. The predicted octanol–water partition coefficient (Wildman–Crippen LogP) is 2.97. The molecule has 16 heavy (non-hydrogen) atoms. The first-order valence-electron chi connectivity index (χ1n) is 3.98. The number of halogens is 5. The van der Waals surface area contributed by atoms with Gasteiger partial charge in [-0.25, -0.2) is 4.98 Å². The van der Waals surface area contributed by atoms with Gasteiger partial charge >= 0.3 is 6.36 Å². The van der Waals surface area contributed by atoms with Crippen LogP contribution in [0.2, 0.25) is 0 Å². The van der Waals surface area contributed by atoms with E-state index in [4.69, 9.17) is 5.11 Å². The number of rotatable bonds is 3. The Kier molecular flexibility index (Phi) is 4.80. The van der Waals surface area contributed by atoms with Gasteiger partial charge in [-0.15, -0.1) is 13.2 Å². The van der Waals surface area contributed by atoms with Crippen LogP contribution >= 0.6 is 38.5 Å². The summed E-state index contributed by atoms with van der Waals surface area (Å²) in [5.74, 6) is -0.500. The first kappa shape index (κ1) is 14.0. The van der Waals surface area contributed by atoms with E-state index in [9.17, 15) is 13.2 Å². The maximum absolute atomic E-state index is 12.0. The van der Waals surface area contributed by atoms with Crippen molar-refractivity contribution in [3.05, 3.63) is 20.9 Å². The Balaban J connectivity index is 3.14. The molecule has 0 fully saturated rings. The molecule has 0 aliphatic heterocycles. The number of aromatic nitrogens is 1. The molecule has 0 atom stereocenters. The van der Waals surface area contributed by atoms with Gasteiger partial charge in [-0.05, 0) is 28.2 Å². The molecule has 1 rings (SSSR count). The van der Waals surface area contributed by atoms with Gasteiger partial charge in [-0.2, -0.15) is 0 Å². The van der Waals surface area contributed by atoms with Gasteiger partial charge in [0, 0.05) is 17.1 Å².